The summed E-state index contributed by atoms with van der Waals surface area (Å²) < 4.78 is 5.79. The summed E-state index contributed by atoms with van der Waals surface area (Å²) in [5, 5.41) is 20.6. The van der Waals surface area contributed by atoms with Gasteiger partial charge in [0.15, 0.2) is 0 Å². The molecule has 0 aromatic carbocycles. The number of rotatable bonds is 3. The summed E-state index contributed by atoms with van der Waals surface area (Å²) in [7, 11) is 0. The van der Waals surface area contributed by atoms with Gasteiger partial charge in [-0.2, -0.15) is 0 Å². The summed E-state index contributed by atoms with van der Waals surface area (Å²) in [6.07, 6.45) is 3.31. The Kier molecular flexibility index (Phi) is 3.86. The maximum Gasteiger partial charge on any atom is 0.332 e. The fourth-order valence-corrected chi connectivity index (χ4v) is 8.01. The highest BCUT2D eigenvalue weighted by molar-refractivity contribution is 5.94. The Labute approximate surface area is 161 Å². The molecule has 0 bridgehead atoms. The van der Waals surface area contributed by atoms with Crippen molar-refractivity contribution in [1.29, 1.82) is 0 Å². The Morgan fingerprint density at radius 1 is 1.33 bits per heavy atom. The molecular formula is C22H32O5. The van der Waals surface area contributed by atoms with E-state index in [1.54, 1.807) is 6.08 Å². The fourth-order valence-electron chi connectivity index (χ4n) is 8.01. The van der Waals surface area contributed by atoms with Gasteiger partial charge >= 0.3 is 5.97 Å². The first-order valence-electron chi connectivity index (χ1n) is 10.2. The molecule has 5 nitrogen and oxygen atoms in total. The predicted molar refractivity (Wildman–Crippen MR) is 99.5 cm³/mol. The van der Waals surface area contributed by atoms with Gasteiger partial charge in [0.2, 0.25) is 0 Å². The van der Waals surface area contributed by atoms with Crippen molar-refractivity contribution in [2.75, 3.05) is 6.61 Å². The molecule has 4 rings (SSSR count). The summed E-state index contributed by atoms with van der Waals surface area (Å²) >= 11 is 0. The molecule has 0 amide bonds. The second-order valence-electron chi connectivity index (χ2n) is 10.1. The van der Waals surface area contributed by atoms with Crippen LogP contribution in [0.3, 0.4) is 0 Å². The summed E-state index contributed by atoms with van der Waals surface area (Å²) in [6.45, 7) is 11.7. The standard InChI is InChI=1S/C22H32O5/c1-6-19(4)10-15(27-16(25)11-23)20(5)12(2)9-22-14(24)7-8-21(22,18(20)22)13(3)17(19)26/h6,12-13,15,17-18,23,26H,1,7-11H2,2-5H3. The van der Waals surface area contributed by atoms with Crippen molar-refractivity contribution in [2.45, 2.75) is 65.6 Å². The van der Waals surface area contributed by atoms with Crippen LogP contribution in [-0.4, -0.2) is 40.8 Å². The number of carbonyl (C=O) groups excluding carboxylic acids is 2. The first-order chi connectivity index (χ1) is 12.6. The van der Waals surface area contributed by atoms with E-state index in [2.05, 4.69) is 27.4 Å². The number of hydrogen-bond acceptors (Lipinski definition) is 5. The number of carbonyl (C=O) groups is 2. The van der Waals surface area contributed by atoms with Crippen LogP contribution in [0.1, 0.15) is 53.4 Å². The van der Waals surface area contributed by atoms with Crippen molar-refractivity contribution < 1.29 is 24.5 Å². The third-order valence-electron chi connectivity index (χ3n) is 9.48. The number of ether oxygens (including phenoxy) is 1. The molecule has 4 fully saturated rings. The van der Waals surface area contributed by atoms with Crippen LogP contribution in [0.25, 0.3) is 0 Å². The lowest BCUT2D eigenvalue weighted by Gasteiger charge is -2.51. The molecule has 9 atom stereocenters. The van der Waals surface area contributed by atoms with Crippen molar-refractivity contribution in [1.82, 2.24) is 0 Å². The first-order valence-corrected chi connectivity index (χ1v) is 10.2. The van der Waals surface area contributed by atoms with E-state index >= 15 is 0 Å². The van der Waals surface area contributed by atoms with Crippen LogP contribution in [-0.2, 0) is 14.3 Å². The zero-order valence-corrected chi connectivity index (χ0v) is 16.8. The zero-order chi connectivity index (χ0) is 20.0. The van der Waals surface area contributed by atoms with Gasteiger partial charge in [-0.15, -0.1) is 6.58 Å². The molecule has 5 heteroatoms. The highest BCUT2D eigenvalue weighted by atomic mass is 16.6. The summed E-state index contributed by atoms with van der Waals surface area (Å²) in [5.74, 6) is 0.0276. The minimum atomic E-state index is -0.662. The predicted octanol–water partition coefficient (Wildman–Crippen LogP) is 2.50. The molecule has 9 unspecified atom stereocenters. The molecule has 0 radical (unpaired) electrons. The van der Waals surface area contributed by atoms with Gasteiger partial charge < -0.3 is 14.9 Å². The quantitative estimate of drug-likeness (QED) is 0.584. The van der Waals surface area contributed by atoms with E-state index in [-0.39, 0.29) is 34.0 Å². The highest BCUT2D eigenvalue weighted by Crippen LogP contribution is 2.91. The van der Waals surface area contributed by atoms with Crippen molar-refractivity contribution in [3.63, 3.8) is 0 Å². The lowest BCUT2D eigenvalue weighted by molar-refractivity contribution is -0.173. The Morgan fingerprint density at radius 2 is 2.00 bits per heavy atom. The molecular weight excluding hydrogens is 344 g/mol. The molecule has 0 aromatic heterocycles. The molecule has 2 N–H and O–H groups in total. The third kappa shape index (κ3) is 1.88. The normalized spacial score (nSPS) is 55.9. The number of Topliss-reactive ketones (excluding diaryl/α,β-unsaturated/α-hetero) is 1. The Hall–Kier alpha value is -1.20. The second-order valence-corrected chi connectivity index (χ2v) is 10.1. The summed E-state index contributed by atoms with van der Waals surface area (Å²) in [6, 6.07) is 0. The third-order valence-corrected chi connectivity index (χ3v) is 9.48. The van der Waals surface area contributed by atoms with Gasteiger partial charge in [-0.3, -0.25) is 4.79 Å². The van der Waals surface area contributed by atoms with Crippen LogP contribution < -0.4 is 0 Å². The number of esters is 1. The van der Waals surface area contributed by atoms with Gasteiger partial charge in [0, 0.05) is 22.7 Å². The smallest absolute Gasteiger partial charge is 0.332 e. The molecule has 0 saturated heterocycles. The van der Waals surface area contributed by atoms with Gasteiger partial charge in [0.1, 0.15) is 18.5 Å². The average Bonchev–Trinajstić information content (AvgIpc) is 3.02. The Balaban J connectivity index is 1.89. The van der Waals surface area contributed by atoms with E-state index in [9.17, 15) is 19.8 Å². The van der Waals surface area contributed by atoms with E-state index in [4.69, 9.17) is 4.74 Å². The van der Waals surface area contributed by atoms with Crippen LogP contribution in [0.15, 0.2) is 12.7 Å². The largest absolute Gasteiger partial charge is 0.460 e. The summed E-state index contributed by atoms with van der Waals surface area (Å²) in [5.41, 5.74) is -1.56. The molecule has 0 aromatic rings. The van der Waals surface area contributed by atoms with E-state index in [1.807, 2.05) is 6.92 Å². The number of aliphatic hydroxyl groups is 2. The maximum atomic E-state index is 13.1. The minimum Gasteiger partial charge on any atom is -0.460 e. The SMILES string of the molecule is C=CC1(C)CC(OC(=O)CO)C2(C)C(C)CC34C(=O)CCC3(C(C)C1O)C24. The van der Waals surface area contributed by atoms with E-state index in [1.165, 1.54) is 0 Å². The summed E-state index contributed by atoms with van der Waals surface area (Å²) in [4.78, 5) is 25.1. The van der Waals surface area contributed by atoms with Crippen molar-refractivity contribution >= 4 is 11.8 Å². The van der Waals surface area contributed by atoms with Crippen molar-refractivity contribution in [3.05, 3.63) is 12.7 Å². The number of aliphatic hydroxyl groups excluding tert-OH is 2. The lowest BCUT2D eigenvalue weighted by Crippen LogP contribution is -2.53. The Morgan fingerprint density at radius 3 is 2.59 bits per heavy atom. The van der Waals surface area contributed by atoms with Gasteiger partial charge in [-0.05, 0) is 42.4 Å². The van der Waals surface area contributed by atoms with Gasteiger partial charge in [0.05, 0.1) is 6.10 Å². The second kappa shape index (κ2) is 5.44. The van der Waals surface area contributed by atoms with Crippen molar-refractivity contribution in [2.24, 2.45) is 39.4 Å². The number of hydrogen-bond donors (Lipinski definition) is 2. The maximum absolute atomic E-state index is 13.1. The van der Waals surface area contributed by atoms with Crippen LogP contribution in [0, 0.1) is 39.4 Å². The Bertz CT molecular complexity index is 717. The molecule has 4 aliphatic rings. The number of ketones is 1. The van der Waals surface area contributed by atoms with Crippen LogP contribution in [0.2, 0.25) is 0 Å². The van der Waals surface area contributed by atoms with Gasteiger partial charge in [-0.25, -0.2) is 4.79 Å². The van der Waals surface area contributed by atoms with E-state index in [0.717, 1.165) is 12.8 Å². The molecule has 27 heavy (non-hydrogen) atoms. The van der Waals surface area contributed by atoms with Crippen molar-refractivity contribution in [3.8, 4) is 0 Å². The van der Waals surface area contributed by atoms with Gasteiger partial charge in [0.25, 0.3) is 0 Å². The molecule has 2 spiro atoms. The molecule has 4 aliphatic carbocycles. The van der Waals surface area contributed by atoms with E-state index in [0.29, 0.717) is 18.6 Å². The van der Waals surface area contributed by atoms with Crippen LogP contribution in [0.5, 0.6) is 0 Å². The average molecular weight is 376 g/mol. The van der Waals surface area contributed by atoms with Crippen LogP contribution >= 0.6 is 0 Å². The molecule has 0 heterocycles. The minimum absolute atomic E-state index is 0.0155. The lowest BCUT2D eigenvalue weighted by atomic mass is 9.57. The molecule has 4 saturated carbocycles. The molecule has 150 valence electrons. The zero-order valence-electron chi connectivity index (χ0n) is 16.8. The van der Waals surface area contributed by atoms with Crippen LogP contribution in [0.4, 0.5) is 0 Å². The fraction of sp³-hybridized carbons (Fsp3) is 0.818. The van der Waals surface area contributed by atoms with Gasteiger partial charge in [-0.1, -0.05) is 33.8 Å². The molecule has 0 aliphatic heterocycles. The topological polar surface area (TPSA) is 83.8 Å². The van der Waals surface area contributed by atoms with E-state index < -0.39 is 30.2 Å². The highest BCUT2D eigenvalue weighted by Gasteiger charge is 2.92. The first kappa shape index (κ1) is 19.1. The monoisotopic (exact) mass is 376 g/mol.